The van der Waals surface area contributed by atoms with Crippen molar-refractivity contribution >= 4 is 12.0 Å². The number of carbonyl (C=O) groups excluding carboxylic acids is 1. The van der Waals surface area contributed by atoms with Crippen molar-refractivity contribution in [3.8, 4) is 6.07 Å². The van der Waals surface area contributed by atoms with Crippen LogP contribution in [0.2, 0.25) is 0 Å². The molecule has 1 aliphatic rings. The van der Waals surface area contributed by atoms with Gasteiger partial charge in [0.05, 0.1) is 0 Å². The van der Waals surface area contributed by atoms with Crippen LogP contribution in [-0.2, 0) is 4.79 Å². The third-order valence-electron chi connectivity index (χ3n) is 4.11. The van der Waals surface area contributed by atoms with Gasteiger partial charge in [0.1, 0.15) is 11.6 Å². The number of nitrogens with zero attached hydrogens (tertiary/aromatic N) is 2. The molecule has 1 aliphatic carbocycles. The Kier molecular flexibility index (Phi) is 4.29. The van der Waals surface area contributed by atoms with Crippen LogP contribution < -0.4 is 5.32 Å². The van der Waals surface area contributed by atoms with Gasteiger partial charge in [-0.25, -0.2) is 0 Å². The van der Waals surface area contributed by atoms with Crippen molar-refractivity contribution in [2.75, 3.05) is 7.05 Å². The second-order valence-electron chi connectivity index (χ2n) is 5.38. The quantitative estimate of drug-likeness (QED) is 0.679. The van der Waals surface area contributed by atoms with Gasteiger partial charge in [0, 0.05) is 24.5 Å². The lowest BCUT2D eigenvalue weighted by molar-refractivity contribution is -0.116. The molecule has 1 fully saturated rings. The fourth-order valence-corrected chi connectivity index (χ4v) is 3.11. The summed E-state index contributed by atoms with van der Waals surface area (Å²) >= 11 is 0. The second kappa shape index (κ2) is 5.96. The normalized spacial score (nSPS) is 16.2. The standard InChI is InChI=1S/C16H21N3O/c1-11-8-13(9-14(10-17)16(20)18-3)12(2)19(11)15-6-4-5-7-15/h8-9,15H,4-7H2,1-3H3,(H,18,20)/b14-9-. The summed E-state index contributed by atoms with van der Waals surface area (Å²) in [5.74, 6) is -0.335. The highest BCUT2D eigenvalue weighted by Crippen LogP contribution is 2.33. The molecule has 1 heterocycles. The lowest BCUT2D eigenvalue weighted by atomic mass is 10.1. The smallest absolute Gasteiger partial charge is 0.261 e. The van der Waals surface area contributed by atoms with Crippen molar-refractivity contribution in [1.82, 2.24) is 9.88 Å². The molecule has 1 amide bonds. The van der Waals surface area contributed by atoms with E-state index in [0.717, 1.165) is 11.3 Å². The Morgan fingerprint density at radius 2 is 2.10 bits per heavy atom. The third-order valence-corrected chi connectivity index (χ3v) is 4.11. The highest BCUT2D eigenvalue weighted by Gasteiger charge is 2.21. The monoisotopic (exact) mass is 271 g/mol. The summed E-state index contributed by atoms with van der Waals surface area (Å²) in [7, 11) is 1.54. The number of nitrogens with one attached hydrogen (secondary N) is 1. The van der Waals surface area contributed by atoms with Gasteiger partial charge in [-0.15, -0.1) is 0 Å². The average Bonchev–Trinajstić information content (AvgIpc) is 3.04. The van der Waals surface area contributed by atoms with Gasteiger partial charge in [-0.3, -0.25) is 4.79 Å². The summed E-state index contributed by atoms with van der Waals surface area (Å²) in [6, 6.07) is 4.60. The van der Waals surface area contributed by atoms with E-state index >= 15 is 0 Å². The minimum atomic E-state index is -0.335. The Balaban J connectivity index is 2.39. The van der Waals surface area contributed by atoms with Gasteiger partial charge < -0.3 is 9.88 Å². The van der Waals surface area contributed by atoms with E-state index in [0.29, 0.717) is 6.04 Å². The van der Waals surface area contributed by atoms with Gasteiger partial charge in [-0.05, 0) is 44.4 Å². The maximum absolute atomic E-state index is 11.6. The summed E-state index contributed by atoms with van der Waals surface area (Å²) in [5.41, 5.74) is 3.47. The van der Waals surface area contributed by atoms with Crippen LogP contribution in [0.25, 0.3) is 6.08 Å². The molecule has 0 aliphatic heterocycles. The third kappa shape index (κ3) is 2.62. The Morgan fingerprint density at radius 3 is 2.65 bits per heavy atom. The number of amides is 1. The first kappa shape index (κ1) is 14.4. The predicted molar refractivity (Wildman–Crippen MR) is 79.1 cm³/mol. The molecule has 1 aromatic heterocycles. The van der Waals surface area contributed by atoms with Gasteiger partial charge in [-0.2, -0.15) is 5.26 Å². The summed E-state index contributed by atoms with van der Waals surface area (Å²) in [4.78, 5) is 11.6. The molecule has 4 heteroatoms. The lowest BCUT2D eigenvalue weighted by Gasteiger charge is -2.17. The average molecular weight is 271 g/mol. The van der Waals surface area contributed by atoms with Gasteiger partial charge in [0.2, 0.25) is 0 Å². The van der Waals surface area contributed by atoms with E-state index in [1.54, 1.807) is 6.08 Å². The molecule has 0 radical (unpaired) electrons. The van der Waals surface area contributed by atoms with E-state index < -0.39 is 0 Å². The number of hydrogen-bond acceptors (Lipinski definition) is 2. The second-order valence-corrected chi connectivity index (χ2v) is 5.38. The molecule has 2 rings (SSSR count). The summed E-state index contributed by atoms with van der Waals surface area (Å²) in [6.07, 6.45) is 6.70. The van der Waals surface area contributed by atoms with Crippen LogP contribution in [-0.4, -0.2) is 17.5 Å². The molecule has 1 aromatic rings. The van der Waals surface area contributed by atoms with Gasteiger partial charge in [0.25, 0.3) is 5.91 Å². The zero-order valence-electron chi connectivity index (χ0n) is 12.4. The van der Waals surface area contributed by atoms with E-state index in [9.17, 15) is 4.79 Å². The first-order valence-corrected chi connectivity index (χ1v) is 7.10. The molecular formula is C16H21N3O. The molecule has 1 saturated carbocycles. The molecule has 106 valence electrons. The molecule has 4 nitrogen and oxygen atoms in total. The van der Waals surface area contributed by atoms with Crippen molar-refractivity contribution in [3.63, 3.8) is 0 Å². The van der Waals surface area contributed by atoms with Crippen molar-refractivity contribution in [2.24, 2.45) is 0 Å². The first-order valence-electron chi connectivity index (χ1n) is 7.10. The fraction of sp³-hybridized carbons (Fsp3) is 0.500. The molecule has 20 heavy (non-hydrogen) atoms. The SMILES string of the molecule is CNC(=O)/C(C#N)=C\c1cc(C)n(C2CCCC2)c1C. The number of nitriles is 1. The van der Waals surface area contributed by atoms with Gasteiger partial charge >= 0.3 is 0 Å². The van der Waals surface area contributed by atoms with Crippen LogP contribution in [0, 0.1) is 25.2 Å². The fourth-order valence-electron chi connectivity index (χ4n) is 3.11. The lowest BCUT2D eigenvalue weighted by Crippen LogP contribution is -2.19. The Bertz CT molecular complexity index is 584. The maximum Gasteiger partial charge on any atom is 0.261 e. The van der Waals surface area contributed by atoms with E-state index in [1.165, 1.54) is 38.4 Å². The molecule has 0 atom stereocenters. The van der Waals surface area contributed by atoms with Crippen LogP contribution >= 0.6 is 0 Å². The van der Waals surface area contributed by atoms with Crippen molar-refractivity contribution < 1.29 is 4.79 Å². The molecule has 0 spiro atoms. The minimum Gasteiger partial charge on any atom is -0.354 e. The highest BCUT2D eigenvalue weighted by molar-refractivity contribution is 6.01. The van der Waals surface area contributed by atoms with Crippen molar-refractivity contribution in [1.29, 1.82) is 5.26 Å². The van der Waals surface area contributed by atoms with E-state index in [4.69, 9.17) is 5.26 Å². The van der Waals surface area contributed by atoms with Crippen LogP contribution in [0.4, 0.5) is 0 Å². The van der Waals surface area contributed by atoms with Gasteiger partial charge in [-0.1, -0.05) is 12.8 Å². The van der Waals surface area contributed by atoms with Crippen LogP contribution in [0.5, 0.6) is 0 Å². The van der Waals surface area contributed by atoms with Crippen molar-refractivity contribution in [3.05, 3.63) is 28.6 Å². The number of hydrogen-bond donors (Lipinski definition) is 1. The predicted octanol–water partition coefficient (Wildman–Crippen LogP) is 2.87. The number of carbonyl (C=O) groups is 1. The Hall–Kier alpha value is -2.02. The molecule has 0 unspecified atom stereocenters. The highest BCUT2D eigenvalue weighted by atomic mass is 16.1. The molecule has 0 bridgehead atoms. The molecule has 1 N–H and O–H groups in total. The van der Waals surface area contributed by atoms with Gasteiger partial charge in [0.15, 0.2) is 0 Å². The summed E-state index contributed by atoms with van der Waals surface area (Å²) in [6.45, 7) is 4.16. The number of rotatable bonds is 3. The minimum absolute atomic E-state index is 0.152. The zero-order valence-corrected chi connectivity index (χ0v) is 12.4. The van der Waals surface area contributed by atoms with E-state index in [1.807, 2.05) is 6.07 Å². The number of likely N-dealkylation sites (N-methyl/N-ethyl adjacent to an activating group) is 1. The Morgan fingerprint density at radius 1 is 1.45 bits per heavy atom. The Labute approximate surface area is 120 Å². The van der Waals surface area contributed by atoms with Crippen LogP contribution in [0.15, 0.2) is 11.6 Å². The van der Waals surface area contributed by atoms with Crippen molar-refractivity contribution in [2.45, 2.75) is 45.6 Å². The van der Waals surface area contributed by atoms with Crippen LogP contribution in [0.1, 0.15) is 48.7 Å². The zero-order chi connectivity index (χ0) is 14.7. The number of aromatic nitrogens is 1. The molecule has 0 saturated heterocycles. The summed E-state index contributed by atoms with van der Waals surface area (Å²) in [5, 5.41) is 11.6. The largest absolute Gasteiger partial charge is 0.354 e. The van der Waals surface area contributed by atoms with E-state index in [2.05, 4.69) is 29.8 Å². The van der Waals surface area contributed by atoms with Crippen LogP contribution in [0.3, 0.4) is 0 Å². The summed E-state index contributed by atoms with van der Waals surface area (Å²) < 4.78 is 2.36. The molecular weight excluding hydrogens is 250 g/mol. The van der Waals surface area contributed by atoms with E-state index in [-0.39, 0.29) is 11.5 Å². The topological polar surface area (TPSA) is 57.8 Å². The number of aryl methyl sites for hydroxylation is 1. The maximum atomic E-state index is 11.6. The first-order chi connectivity index (χ1) is 9.58. The molecule has 0 aromatic carbocycles.